The van der Waals surface area contributed by atoms with Crippen molar-refractivity contribution in [2.24, 2.45) is 0 Å². The van der Waals surface area contributed by atoms with Crippen LogP contribution in [-0.2, 0) is 0 Å². The van der Waals surface area contributed by atoms with Crippen LogP contribution in [0.4, 0.5) is 5.82 Å². The van der Waals surface area contributed by atoms with Crippen molar-refractivity contribution in [1.82, 2.24) is 4.98 Å². The zero-order valence-corrected chi connectivity index (χ0v) is 14.3. The monoisotopic (exact) mass is 400 g/mol. The lowest BCUT2D eigenvalue weighted by Gasteiger charge is -2.11. The summed E-state index contributed by atoms with van der Waals surface area (Å²) in [5.74, 6) is 2.95. The van der Waals surface area contributed by atoms with Crippen molar-refractivity contribution in [3.63, 3.8) is 0 Å². The molecule has 1 aromatic heterocycles. The molecule has 0 aliphatic heterocycles. The lowest BCUT2D eigenvalue weighted by atomic mass is 10.3. The number of pyridine rings is 1. The van der Waals surface area contributed by atoms with Crippen molar-refractivity contribution in [3.8, 4) is 17.2 Å². The summed E-state index contributed by atoms with van der Waals surface area (Å²) in [5, 5.41) is 3.15. The highest BCUT2D eigenvalue weighted by Gasteiger charge is 2.09. The average Bonchev–Trinajstić information content (AvgIpc) is 2.43. The van der Waals surface area contributed by atoms with E-state index in [1.807, 2.05) is 31.2 Å². The quantitative estimate of drug-likeness (QED) is 0.778. The number of anilines is 1. The molecule has 2 rings (SSSR count). The molecule has 0 bridgehead atoms. The number of nitrogens with one attached hydrogen (secondary N) is 1. The van der Waals surface area contributed by atoms with Gasteiger partial charge in [0, 0.05) is 18.8 Å². The van der Waals surface area contributed by atoms with Gasteiger partial charge in [0.2, 0.25) is 0 Å². The van der Waals surface area contributed by atoms with Crippen molar-refractivity contribution < 1.29 is 9.47 Å². The number of methoxy groups -OCH3 is 1. The maximum Gasteiger partial charge on any atom is 0.143 e. The van der Waals surface area contributed by atoms with Crippen LogP contribution < -0.4 is 14.8 Å². The third-order valence-electron chi connectivity index (χ3n) is 2.52. The largest absolute Gasteiger partial charge is 0.496 e. The van der Waals surface area contributed by atoms with E-state index in [9.17, 15) is 0 Å². The molecular formula is C14H14Br2N2O2. The standard InChI is InChI=1S/C14H14Br2N2O2/c1-3-17-14-6-9(4-5-18-14)20-13-8-10(15)12(19-2)7-11(13)16/h4-8H,3H2,1-2H3,(H,17,18). The summed E-state index contributed by atoms with van der Waals surface area (Å²) < 4.78 is 12.7. The topological polar surface area (TPSA) is 43.4 Å². The smallest absolute Gasteiger partial charge is 0.143 e. The molecule has 0 aliphatic rings. The zero-order valence-electron chi connectivity index (χ0n) is 11.1. The van der Waals surface area contributed by atoms with Crippen molar-refractivity contribution in [2.75, 3.05) is 19.0 Å². The second kappa shape index (κ2) is 6.95. The number of ether oxygens (including phenoxy) is 2. The third kappa shape index (κ3) is 3.64. The van der Waals surface area contributed by atoms with Gasteiger partial charge in [0.1, 0.15) is 23.1 Å². The number of rotatable bonds is 5. The summed E-state index contributed by atoms with van der Waals surface area (Å²) in [4.78, 5) is 4.21. The number of aromatic nitrogens is 1. The van der Waals surface area contributed by atoms with Gasteiger partial charge < -0.3 is 14.8 Å². The van der Waals surface area contributed by atoms with Crippen LogP contribution in [0.5, 0.6) is 17.2 Å². The molecule has 0 saturated heterocycles. The molecule has 0 fully saturated rings. The van der Waals surface area contributed by atoms with E-state index in [2.05, 4.69) is 42.2 Å². The first-order valence-electron chi connectivity index (χ1n) is 6.05. The zero-order chi connectivity index (χ0) is 14.5. The Labute approximate surface area is 134 Å². The Balaban J connectivity index is 2.25. The summed E-state index contributed by atoms with van der Waals surface area (Å²) in [6, 6.07) is 7.38. The molecule has 0 spiro atoms. The van der Waals surface area contributed by atoms with Gasteiger partial charge in [0.15, 0.2) is 0 Å². The number of nitrogens with zero attached hydrogens (tertiary/aromatic N) is 1. The minimum Gasteiger partial charge on any atom is -0.496 e. The number of halogens is 2. The maximum absolute atomic E-state index is 5.86. The fraction of sp³-hybridized carbons (Fsp3) is 0.214. The molecule has 0 unspecified atom stereocenters. The van der Waals surface area contributed by atoms with Gasteiger partial charge in [-0.2, -0.15) is 0 Å². The first-order valence-corrected chi connectivity index (χ1v) is 7.63. The molecule has 0 amide bonds. The lowest BCUT2D eigenvalue weighted by Crippen LogP contribution is -1.99. The van der Waals surface area contributed by atoms with Crippen molar-refractivity contribution in [1.29, 1.82) is 0 Å². The summed E-state index contributed by atoms with van der Waals surface area (Å²) in [5.41, 5.74) is 0. The number of hydrogen-bond donors (Lipinski definition) is 1. The SMILES string of the molecule is CCNc1cc(Oc2cc(Br)c(OC)cc2Br)ccn1. The van der Waals surface area contributed by atoms with E-state index in [1.54, 1.807) is 13.3 Å². The van der Waals surface area contributed by atoms with Gasteiger partial charge in [-0.05, 0) is 57.0 Å². The Hall–Kier alpha value is -1.27. The Morgan fingerprint density at radius 1 is 1.15 bits per heavy atom. The van der Waals surface area contributed by atoms with E-state index < -0.39 is 0 Å². The maximum atomic E-state index is 5.86. The van der Waals surface area contributed by atoms with E-state index >= 15 is 0 Å². The molecular weight excluding hydrogens is 388 g/mol. The van der Waals surface area contributed by atoms with Gasteiger partial charge in [0.05, 0.1) is 16.1 Å². The molecule has 106 valence electrons. The van der Waals surface area contributed by atoms with E-state index in [-0.39, 0.29) is 0 Å². The molecule has 1 heterocycles. The Bertz CT molecular complexity index is 606. The van der Waals surface area contributed by atoms with Crippen LogP contribution in [0.25, 0.3) is 0 Å². The number of hydrogen-bond acceptors (Lipinski definition) is 4. The van der Waals surface area contributed by atoms with Crippen LogP contribution >= 0.6 is 31.9 Å². The third-order valence-corrected chi connectivity index (χ3v) is 3.76. The average molecular weight is 402 g/mol. The highest BCUT2D eigenvalue weighted by molar-refractivity contribution is 9.11. The summed E-state index contributed by atoms with van der Waals surface area (Å²) in [7, 11) is 1.62. The first-order chi connectivity index (χ1) is 9.63. The van der Waals surface area contributed by atoms with E-state index in [0.29, 0.717) is 11.5 Å². The van der Waals surface area contributed by atoms with Gasteiger partial charge in [0.25, 0.3) is 0 Å². The van der Waals surface area contributed by atoms with Crippen molar-refractivity contribution in [3.05, 3.63) is 39.4 Å². The van der Waals surface area contributed by atoms with Gasteiger partial charge >= 0.3 is 0 Å². The van der Waals surface area contributed by atoms with Crippen LogP contribution in [0.1, 0.15) is 6.92 Å². The molecule has 2 aromatic rings. The fourth-order valence-electron chi connectivity index (χ4n) is 1.62. The Kier molecular flexibility index (Phi) is 5.25. The lowest BCUT2D eigenvalue weighted by molar-refractivity contribution is 0.409. The molecule has 4 nitrogen and oxygen atoms in total. The Morgan fingerprint density at radius 3 is 2.55 bits per heavy atom. The van der Waals surface area contributed by atoms with Crippen molar-refractivity contribution in [2.45, 2.75) is 6.92 Å². The molecule has 0 atom stereocenters. The van der Waals surface area contributed by atoms with E-state index in [4.69, 9.17) is 9.47 Å². The fourth-order valence-corrected chi connectivity index (χ4v) is 2.51. The van der Waals surface area contributed by atoms with Gasteiger partial charge in [-0.25, -0.2) is 4.98 Å². The predicted molar refractivity (Wildman–Crippen MR) is 86.9 cm³/mol. The molecule has 0 radical (unpaired) electrons. The minimum absolute atomic E-state index is 0.700. The molecule has 0 saturated carbocycles. The van der Waals surface area contributed by atoms with Crippen LogP contribution in [0.2, 0.25) is 0 Å². The van der Waals surface area contributed by atoms with E-state index in [0.717, 1.165) is 27.1 Å². The normalized spacial score (nSPS) is 10.2. The summed E-state index contributed by atoms with van der Waals surface area (Å²) >= 11 is 6.92. The number of benzene rings is 1. The van der Waals surface area contributed by atoms with Gasteiger partial charge in [-0.3, -0.25) is 0 Å². The van der Waals surface area contributed by atoms with Gasteiger partial charge in [-0.15, -0.1) is 0 Å². The van der Waals surface area contributed by atoms with Crippen molar-refractivity contribution >= 4 is 37.7 Å². The van der Waals surface area contributed by atoms with Gasteiger partial charge in [-0.1, -0.05) is 0 Å². The summed E-state index contributed by atoms with van der Waals surface area (Å²) in [6.45, 7) is 2.83. The highest BCUT2D eigenvalue weighted by atomic mass is 79.9. The van der Waals surface area contributed by atoms with Crippen LogP contribution in [-0.4, -0.2) is 18.6 Å². The van der Waals surface area contributed by atoms with Crippen LogP contribution in [0.15, 0.2) is 39.4 Å². The Morgan fingerprint density at radius 2 is 1.85 bits per heavy atom. The molecule has 6 heteroatoms. The molecule has 1 N–H and O–H groups in total. The minimum atomic E-state index is 0.700. The molecule has 1 aromatic carbocycles. The predicted octanol–water partition coefficient (Wildman–Crippen LogP) is 4.84. The van der Waals surface area contributed by atoms with Crippen LogP contribution in [0, 0.1) is 0 Å². The second-order valence-electron chi connectivity index (χ2n) is 3.93. The van der Waals surface area contributed by atoms with E-state index in [1.165, 1.54) is 0 Å². The molecule has 0 aliphatic carbocycles. The summed E-state index contributed by atoms with van der Waals surface area (Å²) in [6.07, 6.45) is 1.71. The van der Waals surface area contributed by atoms with Crippen LogP contribution in [0.3, 0.4) is 0 Å². The first kappa shape index (κ1) is 15.1. The second-order valence-corrected chi connectivity index (χ2v) is 5.64. The highest BCUT2D eigenvalue weighted by Crippen LogP contribution is 2.38. The molecule has 20 heavy (non-hydrogen) atoms.